The Morgan fingerprint density at radius 3 is 2.79 bits per heavy atom. The molecule has 3 heterocycles. The number of aromatic nitrogens is 2. The highest BCUT2D eigenvalue weighted by atomic mass is 16.1. The molecule has 1 fully saturated rings. The summed E-state index contributed by atoms with van der Waals surface area (Å²) in [5.74, 6) is 0.889. The Balaban J connectivity index is 1.52. The summed E-state index contributed by atoms with van der Waals surface area (Å²) in [4.78, 5) is 23.5. The molecule has 3 aromatic rings. The molecule has 0 atom stereocenters. The van der Waals surface area contributed by atoms with Crippen molar-refractivity contribution in [3.63, 3.8) is 0 Å². The van der Waals surface area contributed by atoms with Crippen LogP contribution in [0.2, 0.25) is 0 Å². The van der Waals surface area contributed by atoms with Crippen LogP contribution >= 0.6 is 0 Å². The number of hydrogen-bond acceptors (Lipinski definition) is 4. The lowest BCUT2D eigenvalue weighted by Crippen LogP contribution is -2.30. The lowest BCUT2D eigenvalue weighted by atomic mass is 10.1. The van der Waals surface area contributed by atoms with Crippen molar-refractivity contribution in [2.75, 3.05) is 23.3 Å². The largest absolute Gasteiger partial charge is 0.357 e. The molecule has 4 rings (SSSR count). The second kappa shape index (κ2) is 8.21. The lowest BCUT2D eigenvalue weighted by Gasteiger charge is -2.28. The maximum atomic E-state index is 12.2. The van der Waals surface area contributed by atoms with Crippen LogP contribution in [0.1, 0.15) is 30.4 Å². The fourth-order valence-corrected chi connectivity index (χ4v) is 3.57. The predicted molar refractivity (Wildman–Crippen MR) is 114 cm³/mol. The number of anilines is 2. The number of rotatable bonds is 4. The summed E-state index contributed by atoms with van der Waals surface area (Å²) in [7, 11) is 0. The van der Waals surface area contributed by atoms with E-state index < -0.39 is 0 Å². The van der Waals surface area contributed by atoms with Crippen molar-refractivity contribution in [2.24, 2.45) is 0 Å². The molecule has 1 aliphatic rings. The lowest BCUT2D eigenvalue weighted by molar-refractivity contribution is -0.111. The number of pyridine rings is 2. The van der Waals surface area contributed by atoms with Gasteiger partial charge in [0.15, 0.2) is 0 Å². The Hall–Kier alpha value is -3.21. The van der Waals surface area contributed by atoms with E-state index in [2.05, 4.69) is 28.2 Å². The van der Waals surface area contributed by atoms with Crippen molar-refractivity contribution >= 4 is 34.4 Å². The molecule has 0 aliphatic carbocycles. The van der Waals surface area contributed by atoms with Crippen LogP contribution in [0.15, 0.2) is 54.9 Å². The first-order valence-corrected chi connectivity index (χ1v) is 9.74. The summed E-state index contributed by atoms with van der Waals surface area (Å²) < 4.78 is 0. The molecule has 0 bridgehead atoms. The van der Waals surface area contributed by atoms with Gasteiger partial charge in [0.05, 0.1) is 5.52 Å². The van der Waals surface area contributed by atoms with Crippen LogP contribution in [-0.4, -0.2) is 29.0 Å². The van der Waals surface area contributed by atoms with E-state index in [0.717, 1.165) is 41.1 Å². The standard InChI is InChI=1S/C23H24N4O/c1-17-14-22(27-12-3-2-4-13-27)26-21-9-8-19(15-20(17)21)25-23(28)10-7-18-6-5-11-24-16-18/h5-11,14-16H,2-4,12-13H2,1H3,(H,25,28)/b10-7+. The van der Waals surface area contributed by atoms with Gasteiger partial charge in [-0.25, -0.2) is 4.98 Å². The SMILES string of the molecule is Cc1cc(N2CCCCC2)nc2ccc(NC(=O)/C=C/c3cccnc3)cc12. The van der Waals surface area contributed by atoms with Crippen molar-refractivity contribution in [3.05, 3.63) is 66.0 Å². The molecule has 1 saturated heterocycles. The van der Waals surface area contributed by atoms with Gasteiger partial charge in [-0.05, 0) is 73.7 Å². The third-order valence-corrected chi connectivity index (χ3v) is 5.06. The summed E-state index contributed by atoms with van der Waals surface area (Å²) in [5, 5.41) is 3.99. The number of nitrogens with zero attached hydrogens (tertiary/aromatic N) is 3. The molecule has 28 heavy (non-hydrogen) atoms. The fraction of sp³-hybridized carbons (Fsp3) is 0.261. The normalized spacial score (nSPS) is 14.5. The van der Waals surface area contributed by atoms with Gasteiger partial charge in [0.1, 0.15) is 5.82 Å². The summed E-state index contributed by atoms with van der Waals surface area (Å²) in [5.41, 5.74) is 3.79. The van der Waals surface area contributed by atoms with E-state index in [1.807, 2.05) is 30.3 Å². The number of carbonyl (C=O) groups excluding carboxylic acids is 1. The van der Waals surface area contributed by atoms with Crippen LogP contribution < -0.4 is 10.2 Å². The van der Waals surface area contributed by atoms with E-state index in [1.165, 1.54) is 30.9 Å². The molecule has 142 valence electrons. The van der Waals surface area contributed by atoms with Gasteiger partial charge in [-0.1, -0.05) is 6.07 Å². The Morgan fingerprint density at radius 2 is 2.00 bits per heavy atom. The third-order valence-electron chi connectivity index (χ3n) is 5.06. The highest BCUT2D eigenvalue weighted by Gasteiger charge is 2.14. The number of fused-ring (bicyclic) bond motifs is 1. The highest BCUT2D eigenvalue weighted by Crippen LogP contribution is 2.26. The zero-order valence-electron chi connectivity index (χ0n) is 16.1. The highest BCUT2D eigenvalue weighted by molar-refractivity contribution is 6.03. The molecule has 0 spiro atoms. The first kappa shape index (κ1) is 18.2. The Bertz CT molecular complexity index is 1010. The monoisotopic (exact) mass is 372 g/mol. The fourth-order valence-electron chi connectivity index (χ4n) is 3.57. The molecule has 1 N–H and O–H groups in total. The van der Waals surface area contributed by atoms with E-state index >= 15 is 0 Å². The quantitative estimate of drug-likeness (QED) is 0.681. The van der Waals surface area contributed by atoms with Gasteiger partial charge in [0.25, 0.3) is 0 Å². The third kappa shape index (κ3) is 4.19. The van der Waals surface area contributed by atoms with Crippen LogP contribution in [0.3, 0.4) is 0 Å². The number of nitrogens with one attached hydrogen (secondary N) is 1. The van der Waals surface area contributed by atoms with Crippen molar-refractivity contribution in [1.82, 2.24) is 9.97 Å². The molecule has 0 unspecified atom stereocenters. The molecule has 0 radical (unpaired) electrons. The van der Waals surface area contributed by atoms with Gasteiger partial charge in [0.2, 0.25) is 5.91 Å². The number of aryl methyl sites for hydroxylation is 1. The molecular formula is C23H24N4O. The molecule has 2 aromatic heterocycles. The second-order valence-corrected chi connectivity index (χ2v) is 7.19. The number of piperidine rings is 1. The van der Waals surface area contributed by atoms with Crippen molar-refractivity contribution < 1.29 is 4.79 Å². The zero-order chi connectivity index (χ0) is 19.3. The molecule has 5 nitrogen and oxygen atoms in total. The van der Waals surface area contributed by atoms with Crippen LogP contribution in [0.25, 0.3) is 17.0 Å². The van der Waals surface area contributed by atoms with E-state index in [9.17, 15) is 4.79 Å². The molecular weight excluding hydrogens is 348 g/mol. The maximum absolute atomic E-state index is 12.2. The number of carbonyl (C=O) groups is 1. The number of hydrogen-bond donors (Lipinski definition) is 1. The summed E-state index contributed by atoms with van der Waals surface area (Å²) in [6.45, 7) is 4.26. The molecule has 0 saturated carbocycles. The minimum Gasteiger partial charge on any atom is -0.357 e. The van der Waals surface area contributed by atoms with Crippen LogP contribution in [-0.2, 0) is 4.79 Å². The minimum atomic E-state index is -0.168. The van der Waals surface area contributed by atoms with E-state index in [1.54, 1.807) is 18.5 Å². The van der Waals surface area contributed by atoms with Gasteiger partial charge < -0.3 is 10.2 Å². The van der Waals surface area contributed by atoms with Crippen molar-refractivity contribution in [1.29, 1.82) is 0 Å². The van der Waals surface area contributed by atoms with E-state index in [0.29, 0.717) is 0 Å². The van der Waals surface area contributed by atoms with Crippen LogP contribution in [0.4, 0.5) is 11.5 Å². The molecule has 1 aromatic carbocycles. The van der Waals surface area contributed by atoms with Gasteiger partial charge in [-0.2, -0.15) is 0 Å². The van der Waals surface area contributed by atoms with Gasteiger partial charge >= 0.3 is 0 Å². The smallest absolute Gasteiger partial charge is 0.248 e. The summed E-state index contributed by atoms with van der Waals surface area (Å²) >= 11 is 0. The number of amides is 1. The van der Waals surface area contributed by atoms with E-state index in [-0.39, 0.29) is 5.91 Å². The second-order valence-electron chi connectivity index (χ2n) is 7.19. The van der Waals surface area contributed by atoms with Crippen LogP contribution in [0.5, 0.6) is 0 Å². The predicted octanol–water partition coefficient (Wildman–Crippen LogP) is 4.58. The summed E-state index contributed by atoms with van der Waals surface area (Å²) in [6, 6.07) is 11.8. The molecule has 1 amide bonds. The van der Waals surface area contributed by atoms with Crippen molar-refractivity contribution in [3.8, 4) is 0 Å². The molecule has 1 aliphatic heterocycles. The Kier molecular flexibility index (Phi) is 5.33. The Morgan fingerprint density at radius 1 is 1.14 bits per heavy atom. The van der Waals surface area contributed by atoms with Crippen LogP contribution in [0, 0.1) is 6.92 Å². The summed E-state index contributed by atoms with van der Waals surface area (Å²) in [6.07, 6.45) is 10.5. The maximum Gasteiger partial charge on any atom is 0.248 e. The van der Waals surface area contributed by atoms with Gasteiger partial charge in [-0.3, -0.25) is 9.78 Å². The first-order chi connectivity index (χ1) is 13.7. The average molecular weight is 372 g/mol. The van der Waals surface area contributed by atoms with Gasteiger partial charge in [0, 0.05) is 42.6 Å². The first-order valence-electron chi connectivity index (χ1n) is 9.74. The molecule has 5 heteroatoms. The van der Waals surface area contributed by atoms with Gasteiger partial charge in [-0.15, -0.1) is 0 Å². The topological polar surface area (TPSA) is 58.1 Å². The average Bonchev–Trinajstić information content (AvgIpc) is 2.74. The zero-order valence-corrected chi connectivity index (χ0v) is 16.1. The number of benzene rings is 1. The van der Waals surface area contributed by atoms with E-state index in [4.69, 9.17) is 4.98 Å². The Labute approximate surface area is 165 Å². The van der Waals surface area contributed by atoms with Crippen molar-refractivity contribution in [2.45, 2.75) is 26.2 Å². The minimum absolute atomic E-state index is 0.168.